The number of carbonyl (C=O) groups is 1. The molecule has 0 aliphatic carbocycles. The van der Waals surface area contributed by atoms with E-state index in [1.807, 2.05) is 64.1 Å². The van der Waals surface area contributed by atoms with E-state index >= 15 is 0 Å². The van der Waals surface area contributed by atoms with Crippen LogP contribution in [0.15, 0.2) is 77.9 Å². The zero-order valence-corrected chi connectivity index (χ0v) is 17.5. The Morgan fingerprint density at radius 2 is 1.78 bits per heavy atom. The highest BCUT2D eigenvalue weighted by Gasteiger charge is 2.36. The SMILES string of the molecule is O=C(c1cc(-c2ccncc2)nc2ccccc12)N1CC2CC(C1)c1cccc(=O)n1C2. The molecule has 158 valence electrons. The van der Waals surface area contributed by atoms with Crippen LogP contribution in [0.5, 0.6) is 0 Å². The van der Waals surface area contributed by atoms with Crippen LogP contribution in [0.4, 0.5) is 0 Å². The van der Waals surface area contributed by atoms with Crippen molar-refractivity contribution in [2.75, 3.05) is 13.1 Å². The average Bonchev–Trinajstić information content (AvgIpc) is 2.84. The molecule has 2 unspecified atom stereocenters. The standard InChI is InChI=1S/C26H22N4O2/c31-25-7-3-6-24-19-12-17(15-30(24)25)14-29(16-19)26(32)21-13-23(18-8-10-27-11-9-18)28-22-5-2-1-4-20(21)22/h1-11,13,17,19H,12,14-16H2. The summed E-state index contributed by atoms with van der Waals surface area (Å²) in [5, 5.41) is 0.864. The van der Waals surface area contributed by atoms with E-state index in [2.05, 4.69) is 4.98 Å². The van der Waals surface area contributed by atoms with Gasteiger partial charge < -0.3 is 9.47 Å². The molecule has 32 heavy (non-hydrogen) atoms. The summed E-state index contributed by atoms with van der Waals surface area (Å²) in [4.78, 5) is 37.0. The van der Waals surface area contributed by atoms with Crippen LogP contribution < -0.4 is 5.56 Å². The molecule has 6 rings (SSSR count). The molecule has 0 saturated carbocycles. The first-order chi connectivity index (χ1) is 15.7. The highest BCUT2D eigenvalue weighted by molar-refractivity contribution is 6.07. The van der Waals surface area contributed by atoms with Crippen molar-refractivity contribution < 1.29 is 4.79 Å². The average molecular weight is 422 g/mol. The third-order valence-corrected chi connectivity index (χ3v) is 6.69. The van der Waals surface area contributed by atoms with E-state index in [1.54, 1.807) is 18.5 Å². The van der Waals surface area contributed by atoms with E-state index in [4.69, 9.17) is 4.98 Å². The minimum atomic E-state index is 0.0281. The van der Waals surface area contributed by atoms with Gasteiger partial charge in [0.25, 0.3) is 11.5 Å². The Bertz CT molecular complexity index is 1400. The molecule has 1 saturated heterocycles. The Labute approximate surface area is 185 Å². The quantitative estimate of drug-likeness (QED) is 0.494. The molecule has 5 heterocycles. The van der Waals surface area contributed by atoms with Crippen molar-refractivity contribution >= 4 is 16.8 Å². The second kappa shape index (κ2) is 7.41. The molecule has 1 fully saturated rings. The minimum absolute atomic E-state index is 0.0281. The van der Waals surface area contributed by atoms with Crippen LogP contribution >= 0.6 is 0 Å². The lowest BCUT2D eigenvalue weighted by atomic mass is 9.83. The monoisotopic (exact) mass is 422 g/mol. The van der Waals surface area contributed by atoms with Gasteiger partial charge in [-0.25, -0.2) is 4.98 Å². The summed E-state index contributed by atoms with van der Waals surface area (Å²) < 4.78 is 1.89. The van der Waals surface area contributed by atoms with Crippen LogP contribution in [-0.4, -0.2) is 38.4 Å². The number of nitrogens with zero attached hydrogens (tertiary/aromatic N) is 4. The number of piperidine rings is 1. The third-order valence-electron chi connectivity index (χ3n) is 6.69. The van der Waals surface area contributed by atoms with E-state index < -0.39 is 0 Å². The number of benzene rings is 1. The molecule has 6 heteroatoms. The van der Waals surface area contributed by atoms with E-state index in [0.717, 1.165) is 34.3 Å². The molecule has 3 aromatic heterocycles. The number of para-hydroxylation sites is 1. The van der Waals surface area contributed by atoms with Crippen molar-refractivity contribution in [2.45, 2.75) is 18.9 Å². The lowest BCUT2D eigenvalue weighted by Gasteiger charge is -2.42. The van der Waals surface area contributed by atoms with Gasteiger partial charge in [0.05, 0.1) is 16.8 Å². The van der Waals surface area contributed by atoms with Crippen LogP contribution in [0.3, 0.4) is 0 Å². The molecule has 0 spiro atoms. The van der Waals surface area contributed by atoms with Crippen molar-refractivity contribution in [2.24, 2.45) is 5.92 Å². The fourth-order valence-electron chi connectivity index (χ4n) is 5.26. The molecule has 1 amide bonds. The molecule has 2 aliphatic heterocycles. The Morgan fingerprint density at radius 1 is 0.938 bits per heavy atom. The van der Waals surface area contributed by atoms with Gasteiger partial charge in [-0.3, -0.25) is 14.6 Å². The third kappa shape index (κ3) is 3.11. The molecule has 4 aromatic rings. The van der Waals surface area contributed by atoms with Gasteiger partial charge in [0.2, 0.25) is 0 Å². The second-order valence-corrected chi connectivity index (χ2v) is 8.72. The number of aromatic nitrogens is 3. The van der Waals surface area contributed by atoms with Gasteiger partial charge in [0.1, 0.15) is 0 Å². The fraction of sp³-hybridized carbons (Fsp3) is 0.231. The first-order valence-electron chi connectivity index (χ1n) is 11.0. The molecule has 6 nitrogen and oxygen atoms in total. The molecular weight excluding hydrogens is 400 g/mol. The number of rotatable bonds is 2. The number of pyridine rings is 3. The van der Waals surface area contributed by atoms with Crippen molar-refractivity contribution in [1.29, 1.82) is 0 Å². The molecule has 1 aromatic carbocycles. The number of likely N-dealkylation sites (tertiary alicyclic amines) is 1. The Morgan fingerprint density at radius 3 is 2.66 bits per heavy atom. The number of carbonyl (C=O) groups excluding carboxylic acids is 1. The van der Waals surface area contributed by atoms with Crippen LogP contribution in [0, 0.1) is 5.92 Å². The van der Waals surface area contributed by atoms with Gasteiger partial charge in [0.15, 0.2) is 0 Å². The predicted octanol–water partition coefficient (Wildman–Crippen LogP) is 3.72. The van der Waals surface area contributed by atoms with Crippen molar-refractivity contribution in [3.05, 3.63) is 94.7 Å². The Kier molecular flexibility index (Phi) is 4.38. The molecular formula is C26H22N4O2. The van der Waals surface area contributed by atoms with Gasteiger partial charge in [-0.1, -0.05) is 24.3 Å². The summed E-state index contributed by atoms with van der Waals surface area (Å²) in [6.45, 7) is 1.96. The summed E-state index contributed by atoms with van der Waals surface area (Å²) in [5.41, 5.74) is 4.28. The molecule has 2 bridgehead atoms. The second-order valence-electron chi connectivity index (χ2n) is 8.72. The highest BCUT2D eigenvalue weighted by atomic mass is 16.2. The van der Waals surface area contributed by atoms with Crippen LogP contribution in [-0.2, 0) is 6.54 Å². The number of amides is 1. The molecule has 0 radical (unpaired) electrons. The first-order valence-corrected chi connectivity index (χ1v) is 11.0. The normalized spacial score (nSPS) is 19.6. The number of hydrogen-bond donors (Lipinski definition) is 0. The topological polar surface area (TPSA) is 68.1 Å². The first kappa shape index (κ1) is 18.9. The highest BCUT2D eigenvalue weighted by Crippen LogP contribution is 2.36. The molecule has 2 aliphatic rings. The summed E-state index contributed by atoms with van der Waals surface area (Å²) in [5.74, 6) is 0.506. The van der Waals surface area contributed by atoms with E-state index in [-0.39, 0.29) is 23.3 Å². The van der Waals surface area contributed by atoms with Crippen molar-refractivity contribution in [3.63, 3.8) is 0 Å². The Balaban J connectivity index is 1.41. The maximum Gasteiger partial charge on any atom is 0.254 e. The summed E-state index contributed by atoms with van der Waals surface area (Å²) in [6, 6.07) is 19.0. The molecule has 2 atom stereocenters. The maximum atomic E-state index is 13.8. The van der Waals surface area contributed by atoms with Crippen LogP contribution in [0.2, 0.25) is 0 Å². The lowest BCUT2D eigenvalue weighted by Crippen LogP contribution is -2.49. The summed E-state index contributed by atoms with van der Waals surface area (Å²) >= 11 is 0. The zero-order valence-electron chi connectivity index (χ0n) is 17.5. The summed E-state index contributed by atoms with van der Waals surface area (Å²) in [6.07, 6.45) is 4.49. The number of fused-ring (bicyclic) bond motifs is 5. The van der Waals surface area contributed by atoms with Gasteiger partial charge in [-0.15, -0.1) is 0 Å². The lowest BCUT2D eigenvalue weighted by molar-refractivity contribution is 0.0596. The van der Waals surface area contributed by atoms with Gasteiger partial charge >= 0.3 is 0 Å². The van der Waals surface area contributed by atoms with Crippen molar-refractivity contribution in [1.82, 2.24) is 19.4 Å². The van der Waals surface area contributed by atoms with E-state index in [1.165, 1.54) is 0 Å². The number of hydrogen-bond acceptors (Lipinski definition) is 4. The zero-order chi connectivity index (χ0) is 21.7. The predicted molar refractivity (Wildman–Crippen MR) is 122 cm³/mol. The van der Waals surface area contributed by atoms with Crippen LogP contribution in [0.1, 0.15) is 28.4 Å². The fourth-order valence-corrected chi connectivity index (χ4v) is 5.26. The van der Waals surface area contributed by atoms with Gasteiger partial charge in [-0.05, 0) is 42.7 Å². The minimum Gasteiger partial charge on any atom is -0.338 e. The van der Waals surface area contributed by atoms with E-state index in [0.29, 0.717) is 25.2 Å². The van der Waals surface area contributed by atoms with E-state index in [9.17, 15) is 9.59 Å². The smallest absolute Gasteiger partial charge is 0.254 e. The molecule has 0 N–H and O–H groups in total. The van der Waals surface area contributed by atoms with Crippen LogP contribution in [0.25, 0.3) is 22.2 Å². The Hall–Kier alpha value is -3.80. The summed E-state index contributed by atoms with van der Waals surface area (Å²) in [7, 11) is 0. The largest absolute Gasteiger partial charge is 0.338 e. The van der Waals surface area contributed by atoms with Crippen molar-refractivity contribution in [3.8, 4) is 11.3 Å². The van der Waals surface area contributed by atoms with Gasteiger partial charge in [-0.2, -0.15) is 0 Å². The maximum absolute atomic E-state index is 13.8. The van der Waals surface area contributed by atoms with Gasteiger partial charge in [0, 0.05) is 60.7 Å².